The molecule has 1 saturated carbocycles. The van der Waals surface area contributed by atoms with E-state index in [1.165, 1.54) is 0 Å². The Balaban J connectivity index is 1.52. The zero-order valence-corrected chi connectivity index (χ0v) is 17.5. The Labute approximate surface area is 177 Å². The zero-order chi connectivity index (χ0) is 21.7. The highest BCUT2D eigenvalue weighted by Crippen LogP contribution is 2.26. The number of carbonyl (C=O) groups excluding carboxylic acids is 2. The molecule has 1 N–H and O–H groups in total. The molecule has 0 aromatic heterocycles. The van der Waals surface area contributed by atoms with Crippen molar-refractivity contribution in [2.24, 2.45) is 5.92 Å². The van der Waals surface area contributed by atoms with Crippen LogP contribution in [0, 0.1) is 5.92 Å². The van der Waals surface area contributed by atoms with E-state index in [-0.39, 0.29) is 18.5 Å². The highest BCUT2D eigenvalue weighted by atomic mass is 16.5. The molecule has 1 fully saturated rings. The predicted octanol–water partition coefficient (Wildman–Crippen LogP) is 4.63. The zero-order valence-electron chi connectivity index (χ0n) is 17.5. The van der Waals surface area contributed by atoms with Gasteiger partial charge in [-0.25, -0.2) is 0 Å². The Hall–Kier alpha value is -2.95. The van der Waals surface area contributed by atoms with Crippen molar-refractivity contribution < 1.29 is 24.2 Å². The first-order chi connectivity index (χ1) is 14.3. The van der Waals surface area contributed by atoms with E-state index in [0.29, 0.717) is 17.8 Å². The van der Waals surface area contributed by atoms with Gasteiger partial charge >= 0.3 is 11.9 Å². The molecule has 1 aliphatic rings. The van der Waals surface area contributed by atoms with Crippen molar-refractivity contribution in [2.45, 2.75) is 58.0 Å². The summed E-state index contributed by atoms with van der Waals surface area (Å²) in [6.45, 7) is 3.60. The molecule has 3 rings (SSSR count). The lowest BCUT2D eigenvalue weighted by molar-refractivity contribution is -0.146. The standard InChI is InChI=1S/C25H28O5/c1-16(24(27)28)20-12-8-19(9-13-20)15-30-25(29)17(2)21-10-6-18(7-11-21)14-22-4-3-5-23(22)26/h6-13,16-17,22H,3-5,14-15H2,1-2H3,(H,27,28). The number of esters is 1. The number of aliphatic carboxylic acids is 1. The third-order valence-corrected chi connectivity index (χ3v) is 5.98. The van der Waals surface area contributed by atoms with Crippen molar-refractivity contribution in [3.63, 3.8) is 0 Å². The minimum Gasteiger partial charge on any atom is -0.481 e. The van der Waals surface area contributed by atoms with Gasteiger partial charge in [0.1, 0.15) is 12.4 Å². The van der Waals surface area contributed by atoms with Crippen molar-refractivity contribution in [2.75, 3.05) is 0 Å². The van der Waals surface area contributed by atoms with Crippen LogP contribution in [0.15, 0.2) is 48.5 Å². The predicted molar refractivity (Wildman–Crippen MR) is 113 cm³/mol. The number of carbonyl (C=O) groups is 3. The number of ether oxygens (including phenoxy) is 1. The number of carboxylic acid groups (broad SMARTS) is 1. The van der Waals surface area contributed by atoms with E-state index in [4.69, 9.17) is 9.84 Å². The molecule has 0 aliphatic heterocycles. The van der Waals surface area contributed by atoms with Gasteiger partial charge in [0.2, 0.25) is 0 Å². The van der Waals surface area contributed by atoms with Gasteiger partial charge in [-0.05, 0) is 55.4 Å². The highest BCUT2D eigenvalue weighted by Gasteiger charge is 2.24. The summed E-state index contributed by atoms with van der Waals surface area (Å²) >= 11 is 0. The van der Waals surface area contributed by atoms with Gasteiger partial charge < -0.3 is 9.84 Å². The van der Waals surface area contributed by atoms with Gasteiger partial charge in [-0.15, -0.1) is 0 Å². The molecular formula is C25H28O5. The number of carboxylic acids is 1. The monoisotopic (exact) mass is 408 g/mol. The third kappa shape index (κ3) is 5.35. The maximum absolute atomic E-state index is 12.4. The van der Waals surface area contributed by atoms with E-state index >= 15 is 0 Å². The average molecular weight is 408 g/mol. The molecule has 0 amide bonds. The highest BCUT2D eigenvalue weighted by molar-refractivity contribution is 5.83. The second-order valence-electron chi connectivity index (χ2n) is 8.13. The van der Waals surface area contributed by atoms with Gasteiger partial charge in [-0.3, -0.25) is 14.4 Å². The summed E-state index contributed by atoms with van der Waals surface area (Å²) in [6.07, 6.45) is 3.44. The maximum Gasteiger partial charge on any atom is 0.313 e. The van der Waals surface area contributed by atoms with E-state index in [1.807, 2.05) is 31.2 Å². The van der Waals surface area contributed by atoms with Crippen LogP contribution in [0.5, 0.6) is 0 Å². The third-order valence-electron chi connectivity index (χ3n) is 5.98. The van der Waals surface area contributed by atoms with E-state index in [0.717, 1.165) is 36.0 Å². The number of benzene rings is 2. The summed E-state index contributed by atoms with van der Waals surface area (Å²) in [7, 11) is 0. The van der Waals surface area contributed by atoms with Crippen LogP contribution in [0.3, 0.4) is 0 Å². The fourth-order valence-corrected chi connectivity index (χ4v) is 3.79. The molecule has 3 atom stereocenters. The van der Waals surface area contributed by atoms with Gasteiger partial charge in [0, 0.05) is 12.3 Å². The molecular weight excluding hydrogens is 380 g/mol. The molecule has 158 valence electrons. The van der Waals surface area contributed by atoms with Crippen LogP contribution in [0.4, 0.5) is 0 Å². The van der Waals surface area contributed by atoms with Crippen LogP contribution in [0.1, 0.15) is 67.2 Å². The van der Waals surface area contributed by atoms with Crippen LogP contribution >= 0.6 is 0 Å². The summed E-state index contributed by atoms with van der Waals surface area (Å²) in [4.78, 5) is 35.3. The minimum atomic E-state index is -0.871. The summed E-state index contributed by atoms with van der Waals surface area (Å²) in [6, 6.07) is 14.9. The maximum atomic E-state index is 12.4. The molecule has 0 heterocycles. The van der Waals surface area contributed by atoms with Crippen LogP contribution in [-0.2, 0) is 32.1 Å². The smallest absolute Gasteiger partial charge is 0.313 e. The first-order valence-electron chi connectivity index (χ1n) is 10.4. The molecule has 30 heavy (non-hydrogen) atoms. The van der Waals surface area contributed by atoms with Crippen LogP contribution in [-0.4, -0.2) is 22.8 Å². The molecule has 0 spiro atoms. The normalized spacial score (nSPS) is 18.1. The number of hydrogen-bond donors (Lipinski definition) is 1. The molecule has 5 heteroatoms. The van der Waals surface area contributed by atoms with Crippen molar-refractivity contribution >= 4 is 17.7 Å². The average Bonchev–Trinajstić information content (AvgIpc) is 3.16. The number of Topliss-reactive ketones (excluding diaryl/α,β-unsaturated/α-hetero) is 1. The first kappa shape index (κ1) is 21.8. The number of ketones is 1. The second kappa shape index (κ2) is 9.70. The summed E-state index contributed by atoms with van der Waals surface area (Å²) in [5.41, 5.74) is 3.53. The van der Waals surface area contributed by atoms with Crippen molar-refractivity contribution in [3.05, 3.63) is 70.8 Å². The van der Waals surface area contributed by atoms with Gasteiger partial charge in [0.05, 0.1) is 11.8 Å². The molecule has 0 radical (unpaired) electrons. The lowest BCUT2D eigenvalue weighted by Gasteiger charge is -2.14. The molecule has 5 nitrogen and oxygen atoms in total. The molecule has 2 aromatic carbocycles. The van der Waals surface area contributed by atoms with E-state index in [2.05, 4.69) is 0 Å². The van der Waals surface area contributed by atoms with Gasteiger partial charge in [0.25, 0.3) is 0 Å². The Morgan fingerprint density at radius 2 is 1.53 bits per heavy atom. The Kier molecular flexibility index (Phi) is 7.03. The summed E-state index contributed by atoms with van der Waals surface area (Å²) in [5, 5.41) is 9.07. The van der Waals surface area contributed by atoms with Crippen molar-refractivity contribution in [1.82, 2.24) is 0 Å². The molecule has 3 unspecified atom stereocenters. The fourth-order valence-electron chi connectivity index (χ4n) is 3.79. The molecule has 2 aromatic rings. The van der Waals surface area contributed by atoms with Crippen LogP contribution in [0.2, 0.25) is 0 Å². The quantitative estimate of drug-likeness (QED) is 0.644. The summed E-state index contributed by atoms with van der Waals surface area (Å²) < 4.78 is 5.44. The van der Waals surface area contributed by atoms with Crippen LogP contribution < -0.4 is 0 Å². The molecule has 0 bridgehead atoms. The van der Waals surface area contributed by atoms with E-state index in [9.17, 15) is 14.4 Å². The SMILES string of the molecule is CC(C(=O)O)c1ccc(COC(=O)C(C)c2ccc(CC3CCCC3=O)cc2)cc1. The topological polar surface area (TPSA) is 80.7 Å². The Bertz CT molecular complexity index is 898. The second-order valence-corrected chi connectivity index (χ2v) is 8.13. The lowest BCUT2D eigenvalue weighted by atomic mass is 9.94. The van der Waals surface area contributed by atoms with E-state index < -0.39 is 17.8 Å². The van der Waals surface area contributed by atoms with Crippen molar-refractivity contribution in [1.29, 1.82) is 0 Å². The summed E-state index contributed by atoms with van der Waals surface area (Å²) in [5.74, 6) is -1.64. The van der Waals surface area contributed by atoms with Gasteiger partial charge in [-0.2, -0.15) is 0 Å². The van der Waals surface area contributed by atoms with Crippen LogP contribution in [0.25, 0.3) is 0 Å². The minimum absolute atomic E-state index is 0.142. The Morgan fingerprint density at radius 1 is 0.967 bits per heavy atom. The van der Waals surface area contributed by atoms with Crippen molar-refractivity contribution in [3.8, 4) is 0 Å². The van der Waals surface area contributed by atoms with Gasteiger partial charge in [-0.1, -0.05) is 48.5 Å². The largest absolute Gasteiger partial charge is 0.481 e. The fraction of sp³-hybridized carbons (Fsp3) is 0.400. The van der Waals surface area contributed by atoms with E-state index in [1.54, 1.807) is 31.2 Å². The Morgan fingerprint density at radius 3 is 2.07 bits per heavy atom. The lowest BCUT2D eigenvalue weighted by Crippen LogP contribution is -2.14. The first-order valence-corrected chi connectivity index (χ1v) is 10.4. The number of rotatable bonds is 8. The molecule has 0 saturated heterocycles. The number of hydrogen-bond acceptors (Lipinski definition) is 4. The molecule has 1 aliphatic carbocycles. The van der Waals surface area contributed by atoms with Gasteiger partial charge in [0.15, 0.2) is 0 Å².